The summed E-state index contributed by atoms with van der Waals surface area (Å²) in [6, 6.07) is 25.3. The molecule has 0 amide bonds. The average Bonchev–Trinajstić information content (AvgIpc) is 3.24. The van der Waals surface area contributed by atoms with Gasteiger partial charge in [0.05, 0.1) is 5.69 Å². The Hall–Kier alpha value is -4.26. The summed E-state index contributed by atoms with van der Waals surface area (Å²) >= 11 is 0. The molecule has 0 saturated carbocycles. The Balaban J connectivity index is 1.43. The van der Waals surface area contributed by atoms with Gasteiger partial charge >= 0.3 is 0 Å². The number of nitrogens with zero attached hydrogens (tertiary/aromatic N) is 4. The Labute approximate surface area is 171 Å². The lowest BCUT2D eigenvalue weighted by Crippen LogP contribution is -2.01. The average molecular weight is 397 g/mol. The molecule has 7 heteroatoms. The lowest BCUT2D eigenvalue weighted by Gasteiger charge is -2.11. The first kappa shape index (κ1) is 17.8. The van der Waals surface area contributed by atoms with E-state index < -0.39 is 0 Å². The van der Waals surface area contributed by atoms with Gasteiger partial charge in [-0.25, -0.2) is 4.39 Å². The fourth-order valence-electron chi connectivity index (χ4n) is 3.11. The number of aromatic nitrogens is 4. The molecular weight excluding hydrogens is 381 g/mol. The zero-order valence-electron chi connectivity index (χ0n) is 15.7. The van der Waals surface area contributed by atoms with Gasteiger partial charge in [-0.2, -0.15) is 19.6 Å². The van der Waals surface area contributed by atoms with Gasteiger partial charge in [0.1, 0.15) is 29.5 Å². The number of para-hydroxylation sites is 1. The highest BCUT2D eigenvalue weighted by atomic mass is 19.1. The van der Waals surface area contributed by atoms with E-state index in [1.807, 2.05) is 66.7 Å². The van der Waals surface area contributed by atoms with Crippen LogP contribution in [0.5, 0.6) is 11.5 Å². The van der Waals surface area contributed by atoms with Gasteiger partial charge in [-0.1, -0.05) is 30.3 Å². The predicted molar refractivity (Wildman–Crippen MR) is 112 cm³/mol. The van der Waals surface area contributed by atoms with Gasteiger partial charge in [-0.15, -0.1) is 0 Å². The number of benzene rings is 3. The van der Waals surface area contributed by atoms with Crippen LogP contribution in [0.25, 0.3) is 17.0 Å². The number of hydrogen-bond donors (Lipinski definition) is 1. The smallest absolute Gasteiger partial charge is 0.254 e. The van der Waals surface area contributed by atoms with Crippen molar-refractivity contribution in [3.63, 3.8) is 0 Å². The number of fused-ring (bicyclic) bond motifs is 1. The molecule has 0 saturated heterocycles. The summed E-state index contributed by atoms with van der Waals surface area (Å²) in [5.74, 6) is 2.18. The molecule has 0 bridgehead atoms. The quantitative estimate of drug-likeness (QED) is 0.426. The molecule has 3 aromatic carbocycles. The number of nitrogens with one attached hydrogen (secondary N) is 1. The van der Waals surface area contributed by atoms with Crippen LogP contribution >= 0.6 is 0 Å². The van der Waals surface area contributed by atoms with E-state index in [4.69, 9.17) is 4.74 Å². The van der Waals surface area contributed by atoms with Crippen LogP contribution in [-0.2, 0) is 0 Å². The van der Waals surface area contributed by atoms with Crippen molar-refractivity contribution in [2.45, 2.75) is 0 Å². The Morgan fingerprint density at radius 3 is 2.43 bits per heavy atom. The highest BCUT2D eigenvalue weighted by molar-refractivity contribution is 5.68. The molecule has 146 valence electrons. The second-order valence-corrected chi connectivity index (χ2v) is 6.57. The first-order chi connectivity index (χ1) is 14.7. The van der Waals surface area contributed by atoms with Gasteiger partial charge in [-0.05, 0) is 48.5 Å². The summed E-state index contributed by atoms with van der Waals surface area (Å²) in [5, 5.41) is 7.46. The van der Waals surface area contributed by atoms with Crippen molar-refractivity contribution in [3.05, 3.63) is 97.1 Å². The van der Waals surface area contributed by atoms with Crippen LogP contribution in [0.15, 0.2) is 91.3 Å². The van der Waals surface area contributed by atoms with Gasteiger partial charge in [0.15, 0.2) is 0 Å². The fourth-order valence-corrected chi connectivity index (χ4v) is 3.11. The standard InChI is InChI=1S/C23H16FN5O/c24-17-6-4-5-16(13-17)21-14-22(28-23-25-15-26-29(21)23)27-18-9-11-20(12-10-18)30-19-7-2-1-3-8-19/h1-15H,(H,25,26,27,28). The summed E-state index contributed by atoms with van der Waals surface area (Å²) in [5.41, 5.74) is 2.20. The molecule has 1 N–H and O–H groups in total. The van der Waals surface area contributed by atoms with E-state index in [0.717, 1.165) is 17.2 Å². The van der Waals surface area contributed by atoms with E-state index in [1.165, 1.54) is 18.5 Å². The third kappa shape index (κ3) is 3.68. The van der Waals surface area contributed by atoms with Crippen molar-refractivity contribution in [2.75, 3.05) is 5.32 Å². The van der Waals surface area contributed by atoms with E-state index in [0.29, 0.717) is 22.9 Å². The van der Waals surface area contributed by atoms with Gasteiger partial charge in [-0.3, -0.25) is 0 Å². The highest BCUT2D eigenvalue weighted by Crippen LogP contribution is 2.27. The van der Waals surface area contributed by atoms with Gasteiger partial charge in [0.25, 0.3) is 5.78 Å². The van der Waals surface area contributed by atoms with Gasteiger partial charge in [0, 0.05) is 17.3 Å². The number of ether oxygens (including phenoxy) is 1. The normalized spacial score (nSPS) is 10.8. The van der Waals surface area contributed by atoms with Crippen LogP contribution in [0.1, 0.15) is 0 Å². The summed E-state index contributed by atoms with van der Waals surface area (Å²) in [7, 11) is 0. The van der Waals surface area contributed by atoms with E-state index >= 15 is 0 Å². The minimum absolute atomic E-state index is 0.318. The molecule has 0 aliphatic heterocycles. The second-order valence-electron chi connectivity index (χ2n) is 6.57. The molecule has 0 aliphatic rings. The summed E-state index contributed by atoms with van der Waals surface area (Å²) in [4.78, 5) is 8.66. The van der Waals surface area contributed by atoms with Crippen molar-refractivity contribution < 1.29 is 9.13 Å². The molecule has 2 heterocycles. The third-order valence-electron chi connectivity index (χ3n) is 4.48. The third-order valence-corrected chi connectivity index (χ3v) is 4.48. The number of hydrogen-bond acceptors (Lipinski definition) is 5. The minimum atomic E-state index is -0.318. The Morgan fingerprint density at radius 1 is 0.833 bits per heavy atom. The fraction of sp³-hybridized carbons (Fsp3) is 0. The van der Waals surface area contributed by atoms with Crippen molar-refractivity contribution >= 4 is 17.3 Å². The molecule has 2 aromatic heterocycles. The van der Waals surface area contributed by atoms with Crippen LogP contribution in [0.2, 0.25) is 0 Å². The predicted octanol–water partition coefficient (Wildman–Crippen LogP) is 5.47. The molecule has 0 fully saturated rings. The molecule has 0 spiro atoms. The molecule has 5 rings (SSSR count). The molecule has 6 nitrogen and oxygen atoms in total. The van der Waals surface area contributed by atoms with Crippen molar-refractivity contribution in [3.8, 4) is 22.8 Å². The van der Waals surface area contributed by atoms with Gasteiger partial charge < -0.3 is 10.1 Å². The zero-order valence-corrected chi connectivity index (χ0v) is 15.7. The van der Waals surface area contributed by atoms with Crippen LogP contribution in [0, 0.1) is 5.82 Å². The molecule has 0 unspecified atom stereocenters. The Kier molecular flexibility index (Phi) is 4.53. The van der Waals surface area contributed by atoms with Crippen LogP contribution < -0.4 is 10.1 Å². The topological polar surface area (TPSA) is 64.3 Å². The second kappa shape index (κ2) is 7.63. The lowest BCUT2D eigenvalue weighted by atomic mass is 10.1. The van der Waals surface area contributed by atoms with E-state index in [9.17, 15) is 4.39 Å². The maximum atomic E-state index is 13.7. The zero-order chi connectivity index (χ0) is 20.3. The highest BCUT2D eigenvalue weighted by Gasteiger charge is 2.11. The van der Waals surface area contributed by atoms with E-state index in [2.05, 4.69) is 20.4 Å². The Bertz CT molecular complexity index is 1300. The number of anilines is 2. The molecule has 0 aliphatic carbocycles. The minimum Gasteiger partial charge on any atom is -0.457 e. The SMILES string of the molecule is Fc1cccc(-c2cc(Nc3ccc(Oc4ccccc4)cc3)nc3ncnn23)c1. The van der Waals surface area contributed by atoms with Gasteiger partial charge in [0.2, 0.25) is 0 Å². The maximum absolute atomic E-state index is 13.7. The van der Waals surface area contributed by atoms with Crippen LogP contribution in [0.4, 0.5) is 15.9 Å². The molecule has 5 aromatic rings. The van der Waals surface area contributed by atoms with Crippen molar-refractivity contribution in [2.24, 2.45) is 0 Å². The Morgan fingerprint density at radius 2 is 1.63 bits per heavy atom. The van der Waals surface area contributed by atoms with E-state index in [-0.39, 0.29) is 5.82 Å². The first-order valence-electron chi connectivity index (χ1n) is 9.31. The lowest BCUT2D eigenvalue weighted by molar-refractivity contribution is 0.483. The molecule has 30 heavy (non-hydrogen) atoms. The monoisotopic (exact) mass is 397 g/mol. The van der Waals surface area contributed by atoms with Crippen LogP contribution in [-0.4, -0.2) is 19.6 Å². The summed E-state index contributed by atoms with van der Waals surface area (Å²) < 4.78 is 21.1. The number of halogens is 1. The van der Waals surface area contributed by atoms with Crippen molar-refractivity contribution in [1.82, 2.24) is 19.6 Å². The van der Waals surface area contributed by atoms with Crippen molar-refractivity contribution in [1.29, 1.82) is 0 Å². The first-order valence-corrected chi connectivity index (χ1v) is 9.31. The largest absolute Gasteiger partial charge is 0.457 e. The van der Waals surface area contributed by atoms with E-state index in [1.54, 1.807) is 10.6 Å². The molecule has 0 radical (unpaired) electrons. The summed E-state index contributed by atoms with van der Waals surface area (Å²) in [6.07, 6.45) is 1.42. The van der Waals surface area contributed by atoms with Crippen LogP contribution in [0.3, 0.4) is 0 Å². The molecule has 0 atom stereocenters. The maximum Gasteiger partial charge on any atom is 0.254 e. The summed E-state index contributed by atoms with van der Waals surface area (Å²) in [6.45, 7) is 0. The number of rotatable bonds is 5. The molecular formula is C23H16FN5O.